The molecular formula is C22H19ClFN3O4S. The zero-order valence-electron chi connectivity index (χ0n) is 17.0. The standard InChI is InChI=1S/C22H19ClFN3O4S/c1-13-20-18(26-27-32(29,30)17-10-8-15(24)9-11-17)6-3-7-19(20)31-21(13)22(28)25-16-5-2-4-14(23)12-16/h2,4-5,8-12,27H,3,6-7H2,1H3,(H,25,28)/b26-18+. The van der Waals surface area contributed by atoms with Gasteiger partial charge in [-0.1, -0.05) is 17.7 Å². The number of hydrogen-bond acceptors (Lipinski definition) is 5. The van der Waals surface area contributed by atoms with E-state index in [9.17, 15) is 17.6 Å². The minimum Gasteiger partial charge on any atom is -0.455 e. The Labute approximate surface area is 189 Å². The highest BCUT2D eigenvalue weighted by atomic mass is 35.5. The van der Waals surface area contributed by atoms with E-state index in [-0.39, 0.29) is 10.7 Å². The van der Waals surface area contributed by atoms with E-state index in [1.165, 1.54) is 0 Å². The average molecular weight is 476 g/mol. The van der Waals surface area contributed by atoms with Crippen LogP contribution in [0.15, 0.2) is 62.9 Å². The number of rotatable bonds is 5. The van der Waals surface area contributed by atoms with E-state index < -0.39 is 21.7 Å². The highest BCUT2D eigenvalue weighted by Gasteiger charge is 2.28. The fraction of sp³-hybridized carbons (Fsp3) is 0.182. The van der Waals surface area contributed by atoms with Crippen LogP contribution in [0.3, 0.4) is 0 Å². The van der Waals surface area contributed by atoms with Crippen molar-refractivity contribution in [2.75, 3.05) is 5.32 Å². The van der Waals surface area contributed by atoms with Gasteiger partial charge in [0, 0.05) is 28.3 Å². The Morgan fingerprint density at radius 3 is 2.62 bits per heavy atom. The fourth-order valence-electron chi connectivity index (χ4n) is 3.53. The van der Waals surface area contributed by atoms with Gasteiger partial charge in [0.15, 0.2) is 5.76 Å². The van der Waals surface area contributed by atoms with E-state index in [0.29, 0.717) is 52.6 Å². The number of hydrogen-bond donors (Lipinski definition) is 2. The number of carbonyl (C=O) groups is 1. The Morgan fingerprint density at radius 2 is 1.91 bits per heavy atom. The van der Waals surface area contributed by atoms with Crippen LogP contribution in [0, 0.1) is 12.7 Å². The molecule has 0 saturated carbocycles. The molecule has 3 aromatic rings. The lowest BCUT2D eigenvalue weighted by Crippen LogP contribution is -2.22. The van der Waals surface area contributed by atoms with Crippen LogP contribution in [0.5, 0.6) is 0 Å². The number of aryl methyl sites for hydroxylation is 1. The minimum absolute atomic E-state index is 0.107. The van der Waals surface area contributed by atoms with Crippen LogP contribution < -0.4 is 10.1 Å². The number of fused-ring (bicyclic) bond motifs is 1. The molecule has 1 heterocycles. The zero-order valence-corrected chi connectivity index (χ0v) is 18.6. The molecule has 0 bridgehead atoms. The first-order valence-electron chi connectivity index (χ1n) is 9.78. The maximum atomic E-state index is 13.1. The van der Waals surface area contributed by atoms with Crippen molar-refractivity contribution in [1.29, 1.82) is 0 Å². The molecule has 166 valence electrons. The van der Waals surface area contributed by atoms with Gasteiger partial charge in [-0.05, 0) is 62.2 Å². The molecule has 1 aromatic heterocycles. The molecular weight excluding hydrogens is 457 g/mol. The summed E-state index contributed by atoms with van der Waals surface area (Å²) < 4.78 is 43.9. The zero-order chi connectivity index (χ0) is 22.9. The summed E-state index contributed by atoms with van der Waals surface area (Å²) in [5.41, 5.74) is 2.19. The number of carbonyl (C=O) groups excluding carboxylic acids is 1. The van der Waals surface area contributed by atoms with Gasteiger partial charge in [-0.15, -0.1) is 0 Å². The molecule has 4 rings (SSSR count). The first kappa shape index (κ1) is 22.0. The van der Waals surface area contributed by atoms with Crippen molar-refractivity contribution in [3.8, 4) is 0 Å². The molecule has 2 aromatic carbocycles. The van der Waals surface area contributed by atoms with E-state index in [4.69, 9.17) is 16.0 Å². The molecule has 7 nitrogen and oxygen atoms in total. The SMILES string of the molecule is Cc1c(C(=O)Nc2cccc(Cl)c2)oc2c1/C(=N/NS(=O)(=O)c1ccc(F)cc1)CCC2. The quantitative estimate of drug-likeness (QED) is 0.524. The number of halogens is 2. The molecule has 0 spiro atoms. The third-order valence-electron chi connectivity index (χ3n) is 5.04. The van der Waals surface area contributed by atoms with Crippen LogP contribution in [-0.2, 0) is 16.4 Å². The summed E-state index contributed by atoms with van der Waals surface area (Å²) in [5.74, 6) is -0.272. The predicted molar refractivity (Wildman–Crippen MR) is 119 cm³/mol. The summed E-state index contributed by atoms with van der Waals surface area (Å²) in [6.45, 7) is 1.73. The van der Waals surface area contributed by atoms with Gasteiger partial charge in [-0.25, -0.2) is 4.39 Å². The third kappa shape index (κ3) is 4.53. The smallest absolute Gasteiger partial charge is 0.291 e. The molecule has 0 radical (unpaired) electrons. The fourth-order valence-corrected chi connectivity index (χ4v) is 4.55. The Morgan fingerprint density at radius 1 is 1.16 bits per heavy atom. The van der Waals surface area contributed by atoms with Crippen molar-refractivity contribution in [2.24, 2.45) is 5.10 Å². The maximum absolute atomic E-state index is 13.1. The number of amides is 1. The van der Waals surface area contributed by atoms with Gasteiger partial charge in [0.1, 0.15) is 11.6 Å². The Balaban J connectivity index is 1.60. The molecule has 1 amide bonds. The highest BCUT2D eigenvalue weighted by Crippen LogP contribution is 2.30. The number of nitrogens with zero attached hydrogens (tertiary/aromatic N) is 1. The average Bonchev–Trinajstić information content (AvgIpc) is 3.10. The molecule has 1 aliphatic carbocycles. The maximum Gasteiger partial charge on any atom is 0.291 e. The predicted octanol–water partition coefficient (Wildman–Crippen LogP) is 4.65. The van der Waals surface area contributed by atoms with E-state index in [0.717, 1.165) is 24.3 Å². The largest absolute Gasteiger partial charge is 0.455 e. The summed E-state index contributed by atoms with van der Waals surface area (Å²) in [7, 11) is -3.97. The molecule has 10 heteroatoms. The molecule has 1 aliphatic rings. The van der Waals surface area contributed by atoms with Crippen molar-refractivity contribution < 1.29 is 22.0 Å². The molecule has 0 fully saturated rings. The number of anilines is 1. The van der Waals surface area contributed by atoms with Crippen molar-refractivity contribution in [2.45, 2.75) is 31.1 Å². The van der Waals surface area contributed by atoms with Crippen molar-refractivity contribution >= 4 is 38.9 Å². The second-order valence-electron chi connectivity index (χ2n) is 7.28. The van der Waals surface area contributed by atoms with Gasteiger partial charge < -0.3 is 9.73 Å². The van der Waals surface area contributed by atoms with Gasteiger partial charge in [-0.3, -0.25) is 4.79 Å². The molecule has 0 unspecified atom stereocenters. The minimum atomic E-state index is -3.97. The summed E-state index contributed by atoms with van der Waals surface area (Å²) >= 11 is 5.97. The second-order valence-corrected chi connectivity index (χ2v) is 9.38. The topological polar surface area (TPSA) is 101 Å². The number of nitrogens with one attached hydrogen (secondary N) is 2. The van der Waals surface area contributed by atoms with Crippen molar-refractivity contribution in [1.82, 2.24) is 4.83 Å². The molecule has 0 atom stereocenters. The van der Waals surface area contributed by atoms with Crippen molar-refractivity contribution in [3.63, 3.8) is 0 Å². The molecule has 0 saturated heterocycles. The second kappa shape index (κ2) is 8.76. The summed E-state index contributed by atoms with van der Waals surface area (Å²) in [6, 6.07) is 11.2. The van der Waals surface area contributed by atoms with E-state index in [1.807, 2.05) is 0 Å². The van der Waals surface area contributed by atoms with Crippen LogP contribution in [0.2, 0.25) is 5.02 Å². The third-order valence-corrected chi connectivity index (χ3v) is 6.50. The van der Waals surface area contributed by atoms with Gasteiger partial charge in [0.05, 0.1) is 10.6 Å². The Hall–Kier alpha value is -3.17. The highest BCUT2D eigenvalue weighted by molar-refractivity contribution is 7.89. The van der Waals surface area contributed by atoms with Crippen molar-refractivity contribution in [3.05, 3.63) is 82.0 Å². The first-order valence-corrected chi connectivity index (χ1v) is 11.6. The van der Waals surface area contributed by atoms with Gasteiger partial charge in [-0.2, -0.15) is 18.4 Å². The van der Waals surface area contributed by atoms with E-state index in [1.54, 1.807) is 31.2 Å². The van der Waals surface area contributed by atoms with Crippen LogP contribution >= 0.6 is 11.6 Å². The summed E-state index contributed by atoms with van der Waals surface area (Å²) in [4.78, 5) is 14.9. The van der Waals surface area contributed by atoms with Crippen LogP contribution in [-0.4, -0.2) is 20.0 Å². The summed E-state index contributed by atoms with van der Waals surface area (Å²) in [6.07, 6.45) is 1.80. The molecule has 2 N–H and O–H groups in total. The first-order chi connectivity index (χ1) is 15.2. The Bertz CT molecular complexity index is 1320. The van der Waals surface area contributed by atoms with Gasteiger partial charge in [0.2, 0.25) is 0 Å². The van der Waals surface area contributed by atoms with Crippen LogP contribution in [0.1, 0.15) is 40.3 Å². The lowest BCUT2D eigenvalue weighted by atomic mass is 9.93. The van der Waals surface area contributed by atoms with Crippen LogP contribution in [0.25, 0.3) is 0 Å². The summed E-state index contributed by atoms with van der Waals surface area (Å²) in [5, 5.41) is 7.33. The van der Waals surface area contributed by atoms with Gasteiger partial charge in [0.25, 0.3) is 15.9 Å². The monoisotopic (exact) mass is 475 g/mol. The lowest BCUT2D eigenvalue weighted by molar-refractivity contribution is 0.0994. The number of furan rings is 1. The Kier molecular flexibility index (Phi) is 6.03. The number of benzene rings is 2. The lowest BCUT2D eigenvalue weighted by Gasteiger charge is -2.14. The van der Waals surface area contributed by atoms with E-state index in [2.05, 4.69) is 15.2 Å². The molecule has 32 heavy (non-hydrogen) atoms. The normalized spacial score (nSPS) is 14.8. The number of hydrazone groups is 1. The van der Waals surface area contributed by atoms with Crippen LogP contribution in [0.4, 0.5) is 10.1 Å². The van der Waals surface area contributed by atoms with E-state index >= 15 is 0 Å². The van der Waals surface area contributed by atoms with Gasteiger partial charge >= 0.3 is 0 Å². The number of sulfonamides is 1. The molecule has 0 aliphatic heterocycles.